The highest BCUT2D eigenvalue weighted by atomic mass is 31.2. The van der Waals surface area contributed by atoms with Crippen LogP contribution in [0, 0.1) is 6.92 Å². The maximum atomic E-state index is 15.8. The summed E-state index contributed by atoms with van der Waals surface area (Å²) in [5.74, 6) is -3.97. The predicted molar refractivity (Wildman–Crippen MR) is 97.5 cm³/mol. The van der Waals surface area contributed by atoms with Crippen LogP contribution in [0.5, 0.6) is 5.75 Å². The Kier molecular flexibility index (Phi) is 4.29. The molecule has 2 aliphatic heterocycles. The summed E-state index contributed by atoms with van der Waals surface area (Å²) in [6, 6.07) is 5.62. The smallest absolute Gasteiger partial charge is 0.403 e. The van der Waals surface area contributed by atoms with E-state index in [0.717, 1.165) is 6.07 Å². The topological polar surface area (TPSA) is 149 Å². The number of hydrogen-bond acceptors (Lipinski definition) is 9. The Labute approximate surface area is 172 Å². The van der Waals surface area contributed by atoms with E-state index in [9.17, 15) is 24.4 Å². The minimum Gasteiger partial charge on any atom is -0.403 e. The zero-order valence-electron chi connectivity index (χ0n) is 18.3. The molecule has 13 heteroatoms. The number of nitrogens with zero attached hydrogens (tertiary/aromatic N) is 1. The first kappa shape index (κ1) is 17.4. The largest absolute Gasteiger partial charge is 0.530 e. The summed E-state index contributed by atoms with van der Waals surface area (Å²) >= 11 is 0. The maximum absolute atomic E-state index is 15.8. The minimum absolute atomic E-state index is 0.0679. The van der Waals surface area contributed by atoms with Gasteiger partial charge in [-0.1, -0.05) is 18.2 Å². The molecule has 162 valence electrons. The van der Waals surface area contributed by atoms with E-state index in [1.54, 1.807) is 30.1 Å². The molecule has 0 amide bonds. The lowest BCUT2D eigenvalue weighted by Crippen LogP contribution is -2.43. The fourth-order valence-electron chi connectivity index (χ4n) is 2.88. The Morgan fingerprint density at radius 2 is 2.23 bits per heavy atom. The second-order valence-corrected chi connectivity index (χ2v) is 8.04. The van der Waals surface area contributed by atoms with Gasteiger partial charge in [0.1, 0.15) is 24.5 Å². The molecule has 2 aromatic rings. The van der Waals surface area contributed by atoms with E-state index in [4.69, 9.17) is 22.4 Å². The number of phosphoric acid groups is 1. The SMILES string of the molecule is [2H]C([2H])(OP1(=O)OCc2cccc(C)c2O1)[C@@]1(F)O[C@@]([2H])(n2ccc(=O)[nH]c2=O)[C@H](O)[C@@H]1O. The summed E-state index contributed by atoms with van der Waals surface area (Å²) in [4.78, 5) is 25.1. The number of aromatic nitrogens is 2. The van der Waals surface area contributed by atoms with Crippen LogP contribution in [-0.4, -0.2) is 44.4 Å². The number of rotatable bonds is 4. The van der Waals surface area contributed by atoms with Gasteiger partial charge < -0.3 is 19.5 Å². The van der Waals surface area contributed by atoms with Gasteiger partial charge in [0.15, 0.2) is 6.20 Å². The summed E-state index contributed by atoms with van der Waals surface area (Å²) in [6.07, 6.45) is -7.82. The maximum Gasteiger partial charge on any atom is 0.530 e. The fourth-order valence-corrected chi connectivity index (χ4v) is 4.04. The molecule has 2 aliphatic rings. The van der Waals surface area contributed by atoms with Crippen molar-refractivity contribution in [2.75, 3.05) is 6.56 Å². The number of halogens is 1. The Balaban J connectivity index is 1.67. The number of H-pyrrole nitrogens is 1. The molecule has 1 fully saturated rings. The number of nitrogens with one attached hydrogen (secondary N) is 1. The van der Waals surface area contributed by atoms with E-state index in [-0.39, 0.29) is 16.9 Å². The van der Waals surface area contributed by atoms with Crippen molar-refractivity contribution in [2.24, 2.45) is 0 Å². The second-order valence-electron chi connectivity index (χ2n) is 6.52. The first-order valence-corrected chi connectivity index (χ1v) is 10.00. The molecule has 1 aromatic heterocycles. The molecule has 0 radical (unpaired) electrons. The third-order valence-electron chi connectivity index (χ3n) is 4.42. The van der Waals surface area contributed by atoms with Crippen molar-refractivity contribution in [3.05, 3.63) is 62.4 Å². The van der Waals surface area contributed by atoms with Gasteiger partial charge in [-0.2, -0.15) is 0 Å². The molecule has 5 atom stereocenters. The first-order chi connectivity index (χ1) is 15.2. The van der Waals surface area contributed by atoms with Crippen molar-refractivity contribution in [1.82, 2.24) is 9.55 Å². The molecule has 3 N–H and O–H groups in total. The molecule has 30 heavy (non-hydrogen) atoms. The number of phosphoric ester groups is 1. The minimum atomic E-state index is -4.83. The summed E-state index contributed by atoms with van der Waals surface area (Å²) in [5, 5.41) is 20.6. The van der Waals surface area contributed by atoms with Gasteiger partial charge in [0.2, 0.25) is 0 Å². The third kappa shape index (κ3) is 3.62. The van der Waals surface area contributed by atoms with E-state index >= 15 is 4.39 Å². The Bertz CT molecular complexity index is 1270. The molecule has 1 aromatic carbocycles. The first-order valence-electron chi connectivity index (χ1n) is 10.0. The molecular formula is C17H18FN2O9P. The average molecular weight is 447 g/mol. The zero-order chi connectivity index (χ0) is 24.4. The van der Waals surface area contributed by atoms with E-state index in [2.05, 4.69) is 0 Å². The normalized spacial score (nSPS) is 37.5. The molecular weight excluding hydrogens is 426 g/mol. The highest BCUT2D eigenvalue weighted by Gasteiger charge is 2.57. The fraction of sp³-hybridized carbons (Fsp3) is 0.412. The van der Waals surface area contributed by atoms with Gasteiger partial charge >= 0.3 is 13.5 Å². The molecule has 0 saturated carbocycles. The van der Waals surface area contributed by atoms with Crippen LogP contribution in [0.25, 0.3) is 0 Å². The Morgan fingerprint density at radius 3 is 2.97 bits per heavy atom. The lowest BCUT2D eigenvalue weighted by Gasteiger charge is -2.29. The monoisotopic (exact) mass is 447 g/mol. The number of para-hydroxylation sites is 1. The van der Waals surface area contributed by atoms with Crippen molar-refractivity contribution < 1.29 is 41.6 Å². The predicted octanol–water partition coefficient (Wildman–Crippen LogP) is 0.495. The van der Waals surface area contributed by atoms with Crippen molar-refractivity contribution in [3.63, 3.8) is 0 Å². The summed E-state index contributed by atoms with van der Waals surface area (Å²) in [5.41, 5.74) is -1.22. The lowest BCUT2D eigenvalue weighted by atomic mass is 10.1. The molecule has 0 aliphatic carbocycles. The van der Waals surface area contributed by atoms with Gasteiger partial charge in [0, 0.05) is 17.8 Å². The van der Waals surface area contributed by atoms with Gasteiger partial charge in [-0.25, -0.2) is 13.8 Å². The van der Waals surface area contributed by atoms with Gasteiger partial charge in [-0.15, -0.1) is 0 Å². The standard InChI is InChI=1S/C17H18FN2O9P/c1-9-3-2-4-10-7-26-30(25,29-13(9)10)27-8-17(18)14(23)12(22)15(28-17)20-6-5-11(21)19-16(20)24/h2-6,12,14-15,22-23H,7-8H2,1H3,(H,19,21,24)/t12-,14+,15-,17-,30?/m1/s1/i8D2,15D. The number of aliphatic hydroxyl groups excluding tert-OH is 2. The van der Waals surface area contributed by atoms with Crippen LogP contribution in [0.4, 0.5) is 4.39 Å². The van der Waals surface area contributed by atoms with Gasteiger partial charge in [-0.05, 0) is 12.5 Å². The highest BCUT2D eigenvalue weighted by molar-refractivity contribution is 7.49. The van der Waals surface area contributed by atoms with E-state index in [1.165, 1.54) is 0 Å². The number of ether oxygens (including phenoxy) is 1. The Morgan fingerprint density at radius 1 is 1.47 bits per heavy atom. The number of alkyl halides is 1. The summed E-state index contributed by atoms with van der Waals surface area (Å²) in [7, 11) is -4.83. The van der Waals surface area contributed by atoms with Gasteiger partial charge in [0.25, 0.3) is 11.4 Å². The van der Waals surface area contributed by atoms with Crippen LogP contribution >= 0.6 is 7.82 Å². The molecule has 1 unspecified atom stereocenters. The van der Waals surface area contributed by atoms with Crippen molar-refractivity contribution in [2.45, 2.75) is 37.8 Å². The number of fused-ring (bicyclic) bond motifs is 1. The third-order valence-corrected chi connectivity index (χ3v) is 5.58. The Hall–Kier alpha value is -2.34. The summed E-state index contributed by atoms with van der Waals surface area (Å²) in [6.45, 7) is -2.56. The number of hydrogen-bond donors (Lipinski definition) is 3. The van der Waals surface area contributed by atoms with Crippen LogP contribution in [0.2, 0.25) is 0 Å². The van der Waals surface area contributed by atoms with E-state index in [1.807, 2.05) is 0 Å². The van der Waals surface area contributed by atoms with E-state index in [0.29, 0.717) is 17.3 Å². The lowest BCUT2D eigenvalue weighted by molar-refractivity contribution is -0.205. The van der Waals surface area contributed by atoms with E-state index < -0.39 is 49.9 Å². The number of aryl methyl sites for hydroxylation is 1. The average Bonchev–Trinajstić information content (AvgIpc) is 2.90. The molecule has 1 saturated heterocycles. The molecule has 4 rings (SSSR count). The van der Waals surface area contributed by atoms with Crippen LogP contribution in [0.15, 0.2) is 40.1 Å². The van der Waals surface area contributed by atoms with Gasteiger partial charge in [-0.3, -0.25) is 23.4 Å². The van der Waals surface area contributed by atoms with Crippen LogP contribution in [0.1, 0.15) is 21.4 Å². The van der Waals surface area contributed by atoms with Crippen molar-refractivity contribution >= 4 is 7.82 Å². The number of benzene rings is 1. The van der Waals surface area contributed by atoms with Crippen LogP contribution in [0.3, 0.4) is 0 Å². The molecule has 11 nitrogen and oxygen atoms in total. The van der Waals surface area contributed by atoms with Gasteiger partial charge in [0.05, 0.1) is 10.7 Å². The summed E-state index contributed by atoms with van der Waals surface area (Å²) < 4.78 is 72.7. The van der Waals surface area contributed by atoms with Crippen LogP contribution in [-0.2, 0) is 25.0 Å². The molecule has 0 bridgehead atoms. The van der Waals surface area contributed by atoms with Crippen molar-refractivity contribution in [3.8, 4) is 5.75 Å². The number of aromatic amines is 1. The zero-order valence-corrected chi connectivity index (χ0v) is 16.2. The van der Waals surface area contributed by atoms with Crippen molar-refractivity contribution in [1.29, 1.82) is 0 Å². The quantitative estimate of drug-likeness (QED) is 0.570. The highest BCUT2D eigenvalue weighted by Crippen LogP contribution is 2.56. The number of aliphatic hydroxyl groups is 2. The van der Waals surface area contributed by atoms with Crippen LogP contribution < -0.4 is 15.8 Å². The second kappa shape index (κ2) is 7.41. The molecule has 3 heterocycles. The molecule has 0 spiro atoms.